The molecule has 29 heavy (non-hydrogen) atoms. The second-order valence-corrected chi connectivity index (χ2v) is 10.0. The van der Waals surface area contributed by atoms with Crippen LogP contribution in [0.25, 0.3) is 0 Å². The average Bonchev–Trinajstić information content (AvgIpc) is 3.13. The minimum atomic E-state index is -3.43. The highest BCUT2D eigenvalue weighted by Gasteiger charge is 2.31. The summed E-state index contributed by atoms with van der Waals surface area (Å²) in [5, 5.41) is 3.95. The summed E-state index contributed by atoms with van der Waals surface area (Å²) in [4.78, 5) is 10.0. The summed E-state index contributed by atoms with van der Waals surface area (Å²) < 4.78 is 33.1. The third kappa shape index (κ3) is 4.99. The van der Waals surface area contributed by atoms with Gasteiger partial charge < -0.3 is 10.1 Å². The molecule has 0 spiro atoms. The minimum Gasteiger partial charge on any atom is -0.369 e. The molecule has 1 saturated heterocycles. The minimum absolute atomic E-state index is 0.0149. The Bertz CT molecular complexity index is 1070. The SMILES string of the molecule is Cc1cnc(Nc2cccc(C3CN(S(=O)(=O)Cc4ccccc4)CCO3)n2)s1. The van der Waals surface area contributed by atoms with E-state index < -0.39 is 16.1 Å². The third-order valence-electron chi connectivity index (χ3n) is 4.57. The first-order valence-corrected chi connectivity index (χ1v) is 11.7. The van der Waals surface area contributed by atoms with Gasteiger partial charge in [0, 0.05) is 24.2 Å². The summed E-state index contributed by atoms with van der Waals surface area (Å²) in [5.74, 6) is 0.642. The number of anilines is 2. The topological polar surface area (TPSA) is 84.4 Å². The number of rotatable bonds is 6. The molecular weight excluding hydrogens is 408 g/mol. The maximum absolute atomic E-state index is 12.9. The molecule has 1 aliphatic rings. The number of aromatic nitrogens is 2. The summed E-state index contributed by atoms with van der Waals surface area (Å²) in [6.07, 6.45) is 1.39. The Morgan fingerprint density at radius 2 is 2.03 bits per heavy atom. The molecule has 4 rings (SSSR count). The molecule has 1 aromatic carbocycles. The Kier molecular flexibility index (Phi) is 5.91. The van der Waals surface area contributed by atoms with Gasteiger partial charge in [-0.2, -0.15) is 4.31 Å². The van der Waals surface area contributed by atoms with Crippen LogP contribution in [0, 0.1) is 6.92 Å². The number of aryl methyl sites for hydroxylation is 1. The largest absolute Gasteiger partial charge is 0.369 e. The zero-order valence-corrected chi connectivity index (χ0v) is 17.6. The van der Waals surface area contributed by atoms with Crippen molar-refractivity contribution in [2.75, 3.05) is 25.0 Å². The molecule has 7 nitrogen and oxygen atoms in total. The van der Waals surface area contributed by atoms with Crippen LogP contribution in [0.4, 0.5) is 10.9 Å². The van der Waals surface area contributed by atoms with Crippen molar-refractivity contribution in [1.82, 2.24) is 14.3 Å². The number of nitrogens with one attached hydrogen (secondary N) is 1. The summed E-state index contributed by atoms with van der Waals surface area (Å²) in [7, 11) is -3.43. The molecule has 1 atom stereocenters. The molecule has 0 amide bonds. The highest BCUT2D eigenvalue weighted by atomic mass is 32.2. The van der Waals surface area contributed by atoms with Gasteiger partial charge in [0.05, 0.1) is 18.1 Å². The number of hydrogen-bond acceptors (Lipinski definition) is 7. The predicted octanol–water partition coefficient (Wildman–Crippen LogP) is 3.49. The van der Waals surface area contributed by atoms with Gasteiger partial charge in [-0.15, -0.1) is 11.3 Å². The van der Waals surface area contributed by atoms with Gasteiger partial charge in [0.2, 0.25) is 10.0 Å². The fourth-order valence-corrected chi connectivity index (χ4v) is 5.34. The van der Waals surface area contributed by atoms with Crippen LogP contribution in [0.5, 0.6) is 0 Å². The Labute approximate surface area is 174 Å². The number of nitrogens with zero attached hydrogens (tertiary/aromatic N) is 3. The van der Waals surface area contributed by atoms with E-state index in [0.717, 1.165) is 15.6 Å². The number of pyridine rings is 1. The molecule has 1 fully saturated rings. The number of sulfonamides is 1. The number of benzene rings is 1. The van der Waals surface area contributed by atoms with Crippen LogP contribution in [0.15, 0.2) is 54.7 Å². The lowest BCUT2D eigenvalue weighted by Crippen LogP contribution is -2.42. The molecule has 0 aliphatic carbocycles. The Morgan fingerprint density at radius 3 is 2.79 bits per heavy atom. The Hall–Kier alpha value is -2.33. The maximum Gasteiger partial charge on any atom is 0.218 e. The van der Waals surface area contributed by atoms with Gasteiger partial charge in [-0.3, -0.25) is 0 Å². The van der Waals surface area contributed by atoms with Crippen molar-refractivity contribution in [3.05, 3.63) is 70.9 Å². The van der Waals surface area contributed by atoms with E-state index >= 15 is 0 Å². The van der Waals surface area contributed by atoms with E-state index in [4.69, 9.17) is 4.74 Å². The number of thiazole rings is 1. The Morgan fingerprint density at radius 1 is 1.21 bits per heavy atom. The van der Waals surface area contributed by atoms with Crippen LogP contribution in [0.1, 0.15) is 22.2 Å². The first-order valence-electron chi connectivity index (χ1n) is 9.29. The summed E-state index contributed by atoms with van der Waals surface area (Å²) in [6, 6.07) is 14.8. The molecule has 2 aromatic heterocycles. The van der Waals surface area contributed by atoms with E-state index in [1.807, 2.05) is 55.5 Å². The molecular formula is C20H22N4O3S2. The van der Waals surface area contributed by atoms with Crippen molar-refractivity contribution in [3.8, 4) is 0 Å². The van der Waals surface area contributed by atoms with E-state index in [9.17, 15) is 8.42 Å². The van der Waals surface area contributed by atoms with E-state index in [-0.39, 0.29) is 12.3 Å². The van der Waals surface area contributed by atoms with Crippen LogP contribution in [0.2, 0.25) is 0 Å². The lowest BCUT2D eigenvalue weighted by molar-refractivity contribution is -0.00490. The second-order valence-electron chi connectivity index (χ2n) is 6.81. The number of ether oxygens (including phenoxy) is 1. The molecule has 9 heteroatoms. The third-order valence-corrected chi connectivity index (χ3v) is 7.22. The normalized spacial score (nSPS) is 17.9. The summed E-state index contributed by atoms with van der Waals surface area (Å²) in [5.41, 5.74) is 1.47. The van der Waals surface area contributed by atoms with E-state index in [1.165, 1.54) is 4.31 Å². The van der Waals surface area contributed by atoms with Crippen molar-refractivity contribution in [1.29, 1.82) is 0 Å². The van der Waals surface area contributed by atoms with Crippen molar-refractivity contribution < 1.29 is 13.2 Å². The van der Waals surface area contributed by atoms with Crippen molar-refractivity contribution in [2.24, 2.45) is 0 Å². The van der Waals surface area contributed by atoms with Gasteiger partial charge in [0.1, 0.15) is 11.9 Å². The molecule has 0 bridgehead atoms. The standard InChI is InChI=1S/C20H22N4O3S2/c1-15-12-21-20(28-15)23-19-9-5-8-17(22-19)18-13-24(10-11-27-18)29(25,26)14-16-6-3-2-4-7-16/h2-9,12,18H,10-11,13-14H2,1H3,(H,21,22,23). The van der Waals surface area contributed by atoms with E-state index in [2.05, 4.69) is 15.3 Å². The van der Waals surface area contributed by atoms with Crippen LogP contribution in [-0.2, 0) is 20.5 Å². The quantitative estimate of drug-likeness (QED) is 0.644. The van der Waals surface area contributed by atoms with Crippen LogP contribution < -0.4 is 5.32 Å². The average molecular weight is 431 g/mol. The zero-order valence-electron chi connectivity index (χ0n) is 16.0. The van der Waals surface area contributed by atoms with Crippen molar-refractivity contribution >= 4 is 32.3 Å². The van der Waals surface area contributed by atoms with Crippen molar-refractivity contribution in [3.63, 3.8) is 0 Å². The zero-order chi connectivity index (χ0) is 20.3. The van der Waals surface area contributed by atoms with E-state index in [0.29, 0.717) is 24.7 Å². The molecule has 1 N–H and O–H groups in total. The molecule has 1 unspecified atom stereocenters. The van der Waals surface area contributed by atoms with E-state index in [1.54, 1.807) is 17.5 Å². The van der Waals surface area contributed by atoms with Gasteiger partial charge in [-0.25, -0.2) is 18.4 Å². The monoisotopic (exact) mass is 430 g/mol. The highest BCUT2D eigenvalue weighted by molar-refractivity contribution is 7.88. The summed E-state index contributed by atoms with van der Waals surface area (Å²) >= 11 is 1.55. The van der Waals surface area contributed by atoms with Crippen LogP contribution in [-0.4, -0.2) is 42.4 Å². The molecule has 0 radical (unpaired) electrons. The van der Waals surface area contributed by atoms with Crippen molar-refractivity contribution in [2.45, 2.75) is 18.8 Å². The van der Waals surface area contributed by atoms with Gasteiger partial charge in [0.15, 0.2) is 5.13 Å². The smallest absolute Gasteiger partial charge is 0.218 e. The molecule has 3 aromatic rings. The van der Waals surface area contributed by atoms with Gasteiger partial charge in [-0.1, -0.05) is 36.4 Å². The fourth-order valence-electron chi connectivity index (χ4n) is 3.16. The first kappa shape index (κ1) is 20.0. The molecule has 0 saturated carbocycles. The lowest BCUT2D eigenvalue weighted by Gasteiger charge is -2.32. The van der Waals surface area contributed by atoms with Crippen LogP contribution in [0.3, 0.4) is 0 Å². The second kappa shape index (κ2) is 8.58. The number of hydrogen-bond donors (Lipinski definition) is 1. The maximum atomic E-state index is 12.9. The van der Waals surface area contributed by atoms with Gasteiger partial charge in [0.25, 0.3) is 0 Å². The molecule has 3 heterocycles. The molecule has 152 valence electrons. The molecule has 1 aliphatic heterocycles. The van der Waals surface area contributed by atoms with Crippen LogP contribution >= 0.6 is 11.3 Å². The summed E-state index contributed by atoms with van der Waals surface area (Å²) in [6.45, 7) is 2.93. The fraction of sp³-hybridized carbons (Fsp3) is 0.300. The number of morpholine rings is 1. The van der Waals surface area contributed by atoms with Gasteiger partial charge >= 0.3 is 0 Å². The lowest BCUT2D eigenvalue weighted by atomic mass is 10.2. The van der Waals surface area contributed by atoms with Gasteiger partial charge in [-0.05, 0) is 24.6 Å². The predicted molar refractivity (Wildman–Crippen MR) is 114 cm³/mol. The highest BCUT2D eigenvalue weighted by Crippen LogP contribution is 2.26. The first-order chi connectivity index (χ1) is 14.0. The Balaban J connectivity index is 1.47.